The minimum absolute atomic E-state index is 0.101. The predicted molar refractivity (Wildman–Crippen MR) is 110 cm³/mol. The molecule has 0 N–H and O–H groups in total. The number of para-hydroxylation sites is 1. The van der Waals surface area contributed by atoms with E-state index in [-0.39, 0.29) is 5.56 Å². The van der Waals surface area contributed by atoms with Crippen LogP contribution in [0.5, 0.6) is 0 Å². The summed E-state index contributed by atoms with van der Waals surface area (Å²) < 4.78 is 7.10. The fraction of sp³-hybridized carbons (Fsp3) is 0.100. The Bertz CT molecular complexity index is 1360. The van der Waals surface area contributed by atoms with Crippen LogP contribution in [0.3, 0.4) is 0 Å². The van der Waals surface area contributed by atoms with Crippen molar-refractivity contribution in [3.8, 4) is 0 Å². The van der Waals surface area contributed by atoms with Crippen molar-refractivity contribution in [1.29, 1.82) is 0 Å². The Morgan fingerprint density at radius 1 is 1.14 bits per heavy atom. The van der Waals surface area contributed by atoms with Crippen LogP contribution in [-0.2, 0) is 6.54 Å². The van der Waals surface area contributed by atoms with E-state index in [1.807, 2.05) is 37.3 Å². The summed E-state index contributed by atoms with van der Waals surface area (Å²) in [5.41, 5.74) is 0.564. The van der Waals surface area contributed by atoms with E-state index in [1.54, 1.807) is 34.6 Å². The first-order valence-corrected chi connectivity index (χ1v) is 10.2. The fourth-order valence-corrected chi connectivity index (χ4v) is 4.90. The summed E-state index contributed by atoms with van der Waals surface area (Å²) in [6, 6.07) is 13.1. The molecular formula is C20H14N4O2S2. The predicted octanol–water partition coefficient (Wildman–Crippen LogP) is 4.50. The summed E-state index contributed by atoms with van der Waals surface area (Å²) in [7, 11) is 0. The van der Waals surface area contributed by atoms with E-state index < -0.39 is 0 Å². The highest BCUT2D eigenvalue weighted by molar-refractivity contribution is 7.99. The molecule has 0 aliphatic rings. The average Bonchev–Trinajstić information content (AvgIpc) is 3.34. The summed E-state index contributed by atoms with van der Waals surface area (Å²) in [6.07, 6.45) is 3.15. The molecule has 0 aliphatic carbocycles. The number of fused-ring (bicyclic) bond motifs is 2. The largest absolute Gasteiger partial charge is 0.467 e. The van der Waals surface area contributed by atoms with Crippen LogP contribution in [0.1, 0.15) is 10.6 Å². The zero-order valence-corrected chi connectivity index (χ0v) is 16.5. The Balaban J connectivity index is 1.69. The molecular weight excluding hydrogens is 392 g/mol. The standard InChI is InChI=1S/C20H14N4O2S2/c1-12-9-15-17(27-12)21-11-22-18(15)28-20-23-16-7-3-2-6-14(16)19(25)24(20)10-13-5-4-8-26-13/h2-9,11H,10H2,1H3. The number of rotatable bonds is 4. The van der Waals surface area contributed by atoms with Crippen LogP contribution in [0.4, 0.5) is 0 Å². The highest BCUT2D eigenvalue weighted by Crippen LogP contribution is 2.34. The maximum atomic E-state index is 13.2. The number of hydrogen-bond donors (Lipinski definition) is 0. The molecule has 0 unspecified atom stereocenters. The Hall–Kier alpha value is -2.97. The van der Waals surface area contributed by atoms with Gasteiger partial charge in [0.05, 0.1) is 23.7 Å². The van der Waals surface area contributed by atoms with Crippen LogP contribution in [0.25, 0.3) is 21.1 Å². The maximum Gasteiger partial charge on any atom is 0.262 e. The van der Waals surface area contributed by atoms with Crippen LogP contribution in [-0.4, -0.2) is 19.5 Å². The third kappa shape index (κ3) is 3.00. The van der Waals surface area contributed by atoms with E-state index in [0.717, 1.165) is 20.1 Å². The summed E-state index contributed by atoms with van der Waals surface area (Å²) in [4.78, 5) is 28.8. The maximum absolute atomic E-state index is 13.2. The quantitative estimate of drug-likeness (QED) is 0.323. The SMILES string of the molecule is Cc1cc2c(Sc3nc4ccccc4c(=O)n3Cc3ccco3)ncnc2s1. The van der Waals surface area contributed by atoms with E-state index in [1.165, 1.54) is 11.8 Å². The minimum Gasteiger partial charge on any atom is -0.467 e. The van der Waals surface area contributed by atoms with Gasteiger partial charge in [-0.15, -0.1) is 11.3 Å². The van der Waals surface area contributed by atoms with Gasteiger partial charge in [0.25, 0.3) is 5.56 Å². The zero-order chi connectivity index (χ0) is 19.1. The van der Waals surface area contributed by atoms with Gasteiger partial charge in [-0.3, -0.25) is 9.36 Å². The van der Waals surface area contributed by atoms with Crippen molar-refractivity contribution in [3.63, 3.8) is 0 Å². The van der Waals surface area contributed by atoms with E-state index in [0.29, 0.717) is 28.4 Å². The van der Waals surface area contributed by atoms with Gasteiger partial charge in [-0.1, -0.05) is 12.1 Å². The molecule has 138 valence electrons. The lowest BCUT2D eigenvalue weighted by Gasteiger charge is -2.12. The minimum atomic E-state index is -0.101. The molecule has 0 radical (unpaired) electrons. The third-order valence-corrected chi connectivity index (χ3v) is 6.30. The van der Waals surface area contributed by atoms with Crippen molar-refractivity contribution in [2.24, 2.45) is 0 Å². The van der Waals surface area contributed by atoms with Crippen LogP contribution in [0.15, 0.2) is 74.4 Å². The van der Waals surface area contributed by atoms with Crippen molar-refractivity contribution in [3.05, 3.63) is 76.0 Å². The number of aromatic nitrogens is 4. The smallest absolute Gasteiger partial charge is 0.262 e. The third-order valence-electron chi connectivity index (χ3n) is 4.32. The van der Waals surface area contributed by atoms with Gasteiger partial charge in [0, 0.05) is 10.3 Å². The molecule has 8 heteroatoms. The van der Waals surface area contributed by atoms with Crippen molar-refractivity contribution in [2.75, 3.05) is 0 Å². The second-order valence-electron chi connectivity index (χ2n) is 6.24. The van der Waals surface area contributed by atoms with Crippen molar-refractivity contribution in [2.45, 2.75) is 23.7 Å². The highest BCUT2D eigenvalue weighted by Gasteiger charge is 2.16. The van der Waals surface area contributed by atoms with Crippen LogP contribution < -0.4 is 5.56 Å². The molecule has 1 aromatic carbocycles. The Kier molecular flexibility index (Phi) is 4.22. The monoisotopic (exact) mass is 406 g/mol. The number of furan rings is 1. The molecule has 0 bridgehead atoms. The number of nitrogens with zero attached hydrogens (tertiary/aromatic N) is 4. The number of benzene rings is 1. The number of thiophene rings is 1. The number of aryl methyl sites for hydroxylation is 1. The number of hydrogen-bond acceptors (Lipinski definition) is 7. The molecule has 4 aromatic heterocycles. The van der Waals surface area contributed by atoms with E-state index >= 15 is 0 Å². The molecule has 0 saturated heterocycles. The second-order valence-corrected chi connectivity index (χ2v) is 8.43. The van der Waals surface area contributed by atoms with E-state index in [2.05, 4.69) is 16.0 Å². The summed E-state index contributed by atoms with van der Waals surface area (Å²) in [5, 5.41) is 2.91. The van der Waals surface area contributed by atoms with E-state index in [4.69, 9.17) is 9.40 Å². The van der Waals surface area contributed by atoms with Crippen molar-refractivity contribution < 1.29 is 4.42 Å². The lowest BCUT2D eigenvalue weighted by molar-refractivity contribution is 0.476. The summed E-state index contributed by atoms with van der Waals surface area (Å²) in [6.45, 7) is 2.35. The van der Waals surface area contributed by atoms with Gasteiger partial charge in [-0.2, -0.15) is 0 Å². The first-order chi connectivity index (χ1) is 13.7. The Morgan fingerprint density at radius 2 is 2.04 bits per heavy atom. The van der Waals surface area contributed by atoms with Gasteiger partial charge in [0.1, 0.15) is 21.9 Å². The molecule has 0 fully saturated rings. The van der Waals surface area contributed by atoms with Gasteiger partial charge in [-0.25, -0.2) is 15.0 Å². The van der Waals surface area contributed by atoms with Gasteiger partial charge in [-0.05, 0) is 49.0 Å². The lowest BCUT2D eigenvalue weighted by Crippen LogP contribution is -2.23. The van der Waals surface area contributed by atoms with Gasteiger partial charge < -0.3 is 4.42 Å². The highest BCUT2D eigenvalue weighted by atomic mass is 32.2. The molecule has 4 heterocycles. The van der Waals surface area contributed by atoms with Gasteiger partial charge >= 0.3 is 0 Å². The Morgan fingerprint density at radius 3 is 2.89 bits per heavy atom. The van der Waals surface area contributed by atoms with Gasteiger partial charge in [0.15, 0.2) is 5.16 Å². The fourth-order valence-electron chi connectivity index (χ4n) is 3.05. The molecule has 0 saturated carbocycles. The first-order valence-electron chi connectivity index (χ1n) is 8.60. The average molecular weight is 406 g/mol. The topological polar surface area (TPSA) is 73.8 Å². The molecule has 6 nitrogen and oxygen atoms in total. The summed E-state index contributed by atoms with van der Waals surface area (Å²) in [5.74, 6) is 0.695. The second kappa shape index (κ2) is 6.88. The molecule has 28 heavy (non-hydrogen) atoms. The molecule has 0 aliphatic heterocycles. The Labute approximate surface area is 167 Å². The van der Waals surface area contributed by atoms with Crippen LogP contribution in [0, 0.1) is 6.92 Å². The molecule has 5 aromatic rings. The normalized spacial score (nSPS) is 11.5. The molecule has 0 atom stereocenters. The molecule has 0 spiro atoms. The van der Waals surface area contributed by atoms with Crippen molar-refractivity contribution in [1.82, 2.24) is 19.5 Å². The van der Waals surface area contributed by atoms with Crippen LogP contribution in [0.2, 0.25) is 0 Å². The summed E-state index contributed by atoms with van der Waals surface area (Å²) >= 11 is 3.00. The molecule has 5 rings (SSSR count). The zero-order valence-electron chi connectivity index (χ0n) is 14.8. The molecule has 0 amide bonds. The lowest BCUT2D eigenvalue weighted by atomic mass is 10.2. The van der Waals surface area contributed by atoms with E-state index in [9.17, 15) is 4.79 Å². The van der Waals surface area contributed by atoms with Crippen LogP contribution >= 0.6 is 23.1 Å². The van der Waals surface area contributed by atoms with Gasteiger partial charge in [0.2, 0.25) is 0 Å². The first kappa shape index (κ1) is 17.2. The van der Waals surface area contributed by atoms with Crippen molar-refractivity contribution >= 4 is 44.2 Å².